The minimum Gasteiger partial charge on any atom is -0.462 e. The zero-order chi connectivity index (χ0) is 55.7. The summed E-state index contributed by atoms with van der Waals surface area (Å²) in [6.45, 7) is 6.60. The average molecular weight is 1080 g/mol. The molecule has 0 aromatic rings. The van der Waals surface area contributed by atoms with E-state index in [1.54, 1.807) is 0 Å². The molecule has 0 spiro atoms. The summed E-state index contributed by atoms with van der Waals surface area (Å²) in [5.74, 6) is -0.893. The number of carbonyl (C=O) groups excluding carboxylic acids is 3. The maximum Gasteiger partial charge on any atom is 0.306 e. The Morgan fingerprint density at radius 1 is 0.260 bits per heavy atom. The van der Waals surface area contributed by atoms with E-state index < -0.39 is 6.10 Å². The van der Waals surface area contributed by atoms with Gasteiger partial charge in [-0.25, -0.2) is 0 Å². The lowest BCUT2D eigenvalue weighted by Gasteiger charge is -2.18. The molecule has 0 aromatic carbocycles. The van der Waals surface area contributed by atoms with Gasteiger partial charge < -0.3 is 14.2 Å². The first-order valence-corrected chi connectivity index (χ1v) is 33.8. The smallest absolute Gasteiger partial charge is 0.306 e. The van der Waals surface area contributed by atoms with E-state index in [-0.39, 0.29) is 31.1 Å². The fourth-order valence-corrected chi connectivity index (χ4v) is 9.84. The van der Waals surface area contributed by atoms with Crippen molar-refractivity contribution in [1.82, 2.24) is 0 Å². The van der Waals surface area contributed by atoms with E-state index in [9.17, 15) is 14.4 Å². The van der Waals surface area contributed by atoms with Crippen molar-refractivity contribution in [2.75, 3.05) is 13.2 Å². The van der Waals surface area contributed by atoms with Crippen LogP contribution in [-0.4, -0.2) is 37.2 Å². The molecule has 6 nitrogen and oxygen atoms in total. The summed E-state index contributed by atoms with van der Waals surface area (Å²) in [4.78, 5) is 38.3. The van der Waals surface area contributed by atoms with Crippen molar-refractivity contribution in [1.29, 1.82) is 0 Å². The fraction of sp³-hybridized carbons (Fsp3) is 0.817. The third kappa shape index (κ3) is 63.8. The van der Waals surface area contributed by atoms with E-state index in [2.05, 4.69) is 81.5 Å². The topological polar surface area (TPSA) is 78.9 Å². The van der Waals surface area contributed by atoms with E-state index >= 15 is 0 Å². The van der Waals surface area contributed by atoms with E-state index in [1.165, 1.54) is 212 Å². The van der Waals surface area contributed by atoms with Gasteiger partial charge in [0.05, 0.1) is 0 Å². The summed E-state index contributed by atoms with van der Waals surface area (Å²) in [6, 6.07) is 0. The lowest BCUT2D eigenvalue weighted by molar-refractivity contribution is -0.167. The summed E-state index contributed by atoms with van der Waals surface area (Å²) >= 11 is 0. The van der Waals surface area contributed by atoms with Crippen LogP contribution >= 0.6 is 0 Å². The first-order valence-electron chi connectivity index (χ1n) is 33.8. The Morgan fingerprint density at radius 2 is 0.481 bits per heavy atom. The van der Waals surface area contributed by atoms with Gasteiger partial charge >= 0.3 is 17.9 Å². The molecule has 0 aliphatic carbocycles. The predicted molar refractivity (Wildman–Crippen MR) is 335 cm³/mol. The van der Waals surface area contributed by atoms with E-state index in [1.807, 2.05) is 0 Å². The lowest BCUT2D eigenvalue weighted by Crippen LogP contribution is -2.30. The first-order chi connectivity index (χ1) is 38.0. The molecule has 0 bridgehead atoms. The molecule has 0 saturated heterocycles. The number of hydrogen-bond acceptors (Lipinski definition) is 6. The molecule has 77 heavy (non-hydrogen) atoms. The van der Waals surface area contributed by atoms with Crippen LogP contribution in [0.25, 0.3) is 0 Å². The Kier molecular flexibility index (Phi) is 63.2. The van der Waals surface area contributed by atoms with Crippen molar-refractivity contribution in [3.8, 4) is 0 Å². The van der Waals surface area contributed by atoms with Crippen LogP contribution in [0.5, 0.6) is 0 Å². The Balaban J connectivity index is 4.21. The standard InChI is InChI=1S/C71H128O6/c1-4-7-10-13-16-19-22-25-28-30-31-32-33-34-35-36-37-38-39-40-41-42-44-46-49-52-55-58-61-64-70(73)76-67-68(66-75-69(72)63-60-57-54-51-48-45-27-24-21-18-15-12-9-6-3)77-71(74)65-62-59-56-53-50-47-43-29-26-23-20-17-14-11-8-5-2/h15,18,20,23-24,27,29-31,43,68H,4-14,16-17,19,21-22,25-26,28,32-42,44-67H2,1-3H3/b18-15-,23-20-,27-24-,31-30-,43-29-. The van der Waals surface area contributed by atoms with Crippen LogP contribution < -0.4 is 0 Å². The largest absolute Gasteiger partial charge is 0.462 e. The highest BCUT2D eigenvalue weighted by Gasteiger charge is 2.19. The number of rotatable bonds is 62. The van der Waals surface area contributed by atoms with Crippen LogP contribution in [0.2, 0.25) is 0 Å². The van der Waals surface area contributed by atoms with Gasteiger partial charge in [0.2, 0.25) is 0 Å². The minimum absolute atomic E-state index is 0.0819. The summed E-state index contributed by atoms with van der Waals surface area (Å²) in [7, 11) is 0. The molecule has 0 heterocycles. The maximum atomic E-state index is 12.9. The summed E-state index contributed by atoms with van der Waals surface area (Å²) in [5.41, 5.74) is 0. The van der Waals surface area contributed by atoms with Gasteiger partial charge in [-0.05, 0) is 103 Å². The van der Waals surface area contributed by atoms with Crippen LogP contribution in [0, 0.1) is 0 Å². The molecule has 0 rings (SSSR count). The normalized spacial score (nSPS) is 12.4. The molecule has 0 saturated carbocycles. The highest BCUT2D eigenvalue weighted by molar-refractivity contribution is 5.71. The van der Waals surface area contributed by atoms with Crippen molar-refractivity contribution in [2.45, 2.75) is 361 Å². The molecule has 0 aliphatic heterocycles. The summed E-state index contributed by atoms with van der Waals surface area (Å²) in [5, 5.41) is 0. The van der Waals surface area contributed by atoms with Crippen LogP contribution in [0.15, 0.2) is 60.8 Å². The number of unbranched alkanes of at least 4 members (excludes halogenated alkanes) is 41. The van der Waals surface area contributed by atoms with Crippen LogP contribution in [0.1, 0.15) is 355 Å². The van der Waals surface area contributed by atoms with Gasteiger partial charge in [0.15, 0.2) is 6.10 Å². The fourth-order valence-electron chi connectivity index (χ4n) is 9.84. The van der Waals surface area contributed by atoms with Crippen molar-refractivity contribution >= 4 is 17.9 Å². The van der Waals surface area contributed by atoms with Gasteiger partial charge in [0.1, 0.15) is 13.2 Å². The minimum atomic E-state index is -0.787. The van der Waals surface area contributed by atoms with E-state index in [0.717, 1.165) is 103 Å². The van der Waals surface area contributed by atoms with Gasteiger partial charge in [-0.15, -0.1) is 0 Å². The highest BCUT2D eigenvalue weighted by atomic mass is 16.6. The summed E-state index contributed by atoms with van der Waals surface area (Å²) in [6.07, 6.45) is 83.9. The molecule has 0 radical (unpaired) electrons. The molecule has 6 heteroatoms. The van der Waals surface area contributed by atoms with Gasteiger partial charge in [0.25, 0.3) is 0 Å². The Hall–Kier alpha value is -2.89. The second kappa shape index (κ2) is 65.6. The zero-order valence-corrected chi connectivity index (χ0v) is 51.5. The molecule has 0 N–H and O–H groups in total. The average Bonchev–Trinajstić information content (AvgIpc) is 3.43. The number of allylic oxidation sites excluding steroid dienone is 10. The molecule has 0 aliphatic rings. The third-order valence-electron chi connectivity index (χ3n) is 15.0. The van der Waals surface area contributed by atoms with Gasteiger partial charge in [-0.2, -0.15) is 0 Å². The van der Waals surface area contributed by atoms with Crippen molar-refractivity contribution in [3.05, 3.63) is 60.8 Å². The molecule has 0 fully saturated rings. The SMILES string of the molecule is CCCC/C=C\C/C=C\CCCCCCCC(=O)OCC(COC(=O)CCCCCCCCCCCCCCCCCCC/C=C\CCCCCCCCCC)OC(=O)CCCCCCC/C=C\C/C=C\CCCCCC. The van der Waals surface area contributed by atoms with Crippen molar-refractivity contribution in [3.63, 3.8) is 0 Å². The highest BCUT2D eigenvalue weighted by Crippen LogP contribution is 2.17. The summed E-state index contributed by atoms with van der Waals surface area (Å²) < 4.78 is 16.9. The van der Waals surface area contributed by atoms with Gasteiger partial charge in [-0.1, -0.05) is 293 Å². The maximum absolute atomic E-state index is 12.9. The monoisotopic (exact) mass is 1080 g/mol. The van der Waals surface area contributed by atoms with E-state index in [4.69, 9.17) is 14.2 Å². The quantitative estimate of drug-likeness (QED) is 0.0261. The van der Waals surface area contributed by atoms with E-state index in [0.29, 0.717) is 19.3 Å². The van der Waals surface area contributed by atoms with Gasteiger partial charge in [0, 0.05) is 19.3 Å². The molecule has 0 amide bonds. The Bertz CT molecular complexity index is 1380. The third-order valence-corrected chi connectivity index (χ3v) is 15.0. The second-order valence-electron chi connectivity index (χ2n) is 22.7. The molecular formula is C71H128O6. The Morgan fingerprint density at radius 3 is 0.779 bits per heavy atom. The first kappa shape index (κ1) is 74.1. The van der Waals surface area contributed by atoms with Crippen molar-refractivity contribution in [2.24, 2.45) is 0 Å². The predicted octanol–water partition coefficient (Wildman–Crippen LogP) is 23.1. The van der Waals surface area contributed by atoms with Crippen LogP contribution in [-0.2, 0) is 28.6 Å². The number of hydrogen-bond donors (Lipinski definition) is 0. The molecular weight excluding hydrogens is 949 g/mol. The Labute approximate surface area is 479 Å². The number of esters is 3. The van der Waals surface area contributed by atoms with Crippen LogP contribution in [0.4, 0.5) is 0 Å². The zero-order valence-electron chi connectivity index (χ0n) is 51.5. The van der Waals surface area contributed by atoms with Gasteiger partial charge in [-0.3, -0.25) is 14.4 Å². The number of ether oxygens (including phenoxy) is 3. The lowest BCUT2D eigenvalue weighted by atomic mass is 10.0. The molecule has 1 unspecified atom stereocenters. The second-order valence-corrected chi connectivity index (χ2v) is 22.7. The number of carbonyl (C=O) groups is 3. The molecule has 0 aromatic heterocycles. The molecule has 448 valence electrons. The molecule has 1 atom stereocenters. The van der Waals surface area contributed by atoms with Crippen molar-refractivity contribution < 1.29 is 28.6 Å². The van der Waals surface area contributed by atoms with Crippen LogP contribution in [0.3, 0.4) is 0 Å².